The average molecular weight is 339 g/mol. The fraction of sp³-hybridized carbons (Fsp3) is 0.588. The number of rotatable bonds is 3. The first-order chi connectivity index (χ1) is 11.1. The number of aliphatic hydroxyl groups excluding tert-OH is 1. The lowest BCUT2D eigenvalue weighted by Crippen LogP contribution is -2.52. The molecule has 23 heavy (non-hydrogen) atoms. The van der Waals surface area contributed by atoms with Gasteiger partial charge >= 0.3 is 5.97 Å². The monoisotopic (exact) mass is 338 g/mol. The van der Waals surface area contributed by atoms with Crippen LogP contribution < -0.4 is 4.90 Å². The van der Waals surface area contributed by atoms with Gasteiger partial charge < -0.3 is 14.7 Å². The van der Waals surface area contributed by atoms with E-state index in [0.29, 0.717) is 12.8 Å². The van der Waals surface area contributed by atoms with Crippen molar-refractivity contribution < 1.29 is 14.6 Å². The van der Waals surface area contributed by atoms with Crippen molar-refractivity contribution in [3.05, 3.63) is 29.3 Å². The van der Waals surface area contributed by atoms with Crippen molar-refractivity contribution >= 4 is 23.3 Å². The van der Waals surface area contributed by atoms with Crippen LogP contribution in [0.4, 0.5) is 5.69 Å². The number of piperazine rings is 1. The lowest BCUT2D eigenvalue weighted by Gasteiger charge is -2.40. The molecule has 0 aromatic heterocycles. The lowest BCUT2D eigenvalue weighted by atomic mass is 10.1. The van der Waals surface area contributed by atoms with Gasteiger partial charge in [0.15, 0.2) is 0 Å². The van der Waals surface area contributed by atoms with Gasteiger partial charge in [-0.15, -0.1) is 0 Å². The molecule has 0 radical (unpaired) electrons. The smallest absolute Gasteiger partial charge is 0.308 e. The standard InChI is InChI=1S/C17H23ClN2O3/c1-23-17(22)12-9-15(16(21)10-12)20-7-5-19(6-8-20)14-4-2-3-13(18)11-14/h2-4,11-12,15-16,21H,5-10H2,1H3/t12-,15+,16+/m0/s1. The second kappa shape index (κ2) is 7.07. The largest absolute Gasteiger partial charge is 0.469 e. The highest BCUT2D eigenvalue weighted by molar-refractivity contribution is 6.30. The number of benzene rings is 1. The number of carbonyl (C=O) groups excluding carboxylic acids is 1. The van der Waals surface area contributed by atoms with Gasteiger partial charge in [0.25, 0.3) is 0 Å². The zero-order chi connectivity index (χ0) is 16.4. The molecule has 1 saturated heterocycles. The summed E-state index contributed by atoms with van der Waals surface area (Å²) in [5.74, 6) is -0.380. The summed E-state index contributed by atoms with van der Waals surface area (Å²) in [6, 6.07) is 7.95. The maximum absolute atomic E-state index is 11.7. The van der Waals surface area contributed by atoms with Gasteiger partial charge in [-0.1, -0.05) is 17.7 Å². The molecule has 2 fully saturated rings. The van der Waals surface area contributed by atoms with Crippen molar-refractivity contribution in [3.63, 3.8) is 0 Å². The molecule has 1 aromatic rings. The van der Waals surface area contributed by atoms with E-state index in [4.69, 9.17) is 16.3 Å². The number of esters is 1. The number of halogens is 1. The number of methoxy groups -OCH3 is 1. The van der Waals surface area contributed by atoms with E-state index in [1.165, 1.54) is 7.11 Å². The van der Waals surface area contributed by atoms with E-state index in [-0.39, 0.29) is 17.9 Å². The van der Waals surface area contributed by atoms with E-state index in [2.05, 4.69) is 15.9 Å². The summed E-state index contributed by atoms with van der Waals surface area (Å²) < 4.78 is 4.81. The Balaban J connectivity index is 1.58. The van der Waals surface area contributed by atoms with Crippen LogP contribution in [-0.2, 0) is 9.53 Å². The van der Waals surface area contributed by atoms with E-state index in [1.54, 1.807) is 0 Å². The molecule has 5 nitrogen and oxygen atoms in total. The van der Waals surface area contributed by atoms with Crippen molar-refractivity contribution in [3.8, 4) is 0 Å². The molecule has 0 unspecified atom stereocenters. The van der Waals surface area contributed by atoms with Crippen LogP contribution in [0.25, 0.3) is 0 Å². The molecular formula is C17H23ClN2O3. The fourth-order valence-corrected chi connectivity index (χ4v) is 3.91. The summed E-state index contributed by atoms with van der Waals surface area (Å²) in [5.41, 5.74) is 1.14. The first kappa shape index (κ1) is 16.6. The molecule has 2 aliphatic rings. The Morgan fingerprint density at radius 1 is 1.26 bits per heavy atom. The van der Waals surface area contributed by atoms with E-state index in [0.717, 1.165) is 36.9 Å². The van der Waals surface area contributed by atoms with Crippen molar-refractivity contribution in [2.75, 3.05) is 38.2 Å². The van der Waals surface area contributed by atoms with Gasteiger partial charge in [0.1, 0.15) is 0 Å². The highest BCUT2D eigenvalue weighted by atomic mass is 35.5. The second-order valence-electron chi connectivity index (χ2n) is 6.33. The molecule has 1 N–H and O–H groups in total. The molecule has 3 atom stereocenters. The normalized spacial score (nSPS) is 28.8. The molecule has 1 saturated carbocycles. The third-order valence-corrected chi connectivity index (χ3v) is 5.22. The second-order valence-corrected chi connectivity index (χ2v) is 6.77. The van der Waals surface area contributed by atoms with Crippen LogP contribution in [0, 0.1) is 5.92 Å². The zero-order valence-corrected chi connectivity index (χ0v) is 14.1. The van der Waals surface area contributed by atoms with E-state index >= 15 is 0 Å². The number of anilines is 1. The number of aliphatic hydroxyl groups is 1. The van der Waals surface area contributed by atoms with Crippen LogP contribution in [0.3, 0.4) is 0 Å². The number of nitrogens with zero attached hydrogens (tertiary/aromatic N) is 2. The third kappa shape index (κ3) is 3.62. The predicted octanol–water partition coefficient (Wildman–Crippen LogP) is 1.77. The Hall–Kier alpha value is -1.30. The minimum absolute atomic E-state index is 0.0561. The van der Waals surface area contributed by atoms with Crippen LogP contribution in [0.2, 0.25) is 5.02 Å². The van der Waals surface area contributed by atoms with Gasteiger partial charge in [0.05, 0.1) is 19.1 Å². The zero-order valence-electron chi connectivity index (χ0n) is 13.3. The molecule has 6 heteroatoms. The van der Waals surface area contributed by atoms with Crippen molar-refractivity contribution in [1.82, 2.24) is 4.90 Å². The Morgan fingerprint density at radius 2 is 2.00 bits per heavy atom. The molecule has 1 heterocycles. The van der Waals surface area contributed by atoms with Crippen LogP contribution in [-0.4, -0.2) is 61.4 Å². The van der Waals surface area contributed by atoms with Crippen LogP contribution in [0.15, 0.2) is 24.3 Å². The first-order valence-electron chi connectivity index (χ1n) is 8.09. The van der Waals surface area contributed by atoms with Gasteiger partial charge in [-0.3, -0.25) is 9.69 Å². The summed E-state index contributed by atoms with van der Waals surface area (Å²) in [7, 11) is 1.41. The minimum Gasteiger partial charge on any atom is -0.469 e. The van der Waals surface area contributed by atoms with Crippen molar-refractivity contribution in [1.29, 1.82) is 0 Å². The Morgan fingerprint density at radius 3 is 2.65 bits per heavy atom. The SMILES string of the molecule is COC(=O)[C@@H]1C[C@@H](O)[C@H](N2CCN(c3cccc(Cl)c3)CC2)C1. The quantitative estimate of drug-likeness (QED) is 0.851. The summed E-state index contributed by atoms with van der Waals surface area (Å²) >= 11 is 6.06. The Labute approximate surface area is 141 Å². The minimum atomic E-state index is -0.447. The van der Waals surface area contributed by atoms with E-state index < -0.39 is 6.10 Å². The number of hydrogen-bond donors (Lipinski definition) is 1. The Kier molecular flexibility index (Phi) is 5.09. The summed E-state index contributed by atoms with van der Waals surface area (Å²) in [5, 5.41) is 11.0. The highest BCUT2D eigenvalue weighted by Crippen LogP contribution is 2.32. The molecule has 1 aromatic carbocycles. The summed E-state index contributed by atoms with van der Waals surface area (Å²) in [6.07, 6.45) is 0.744. The van der Waals surface area contributed by atoms with E-state index in [1.807, 2.05) is 18.2 Å². The van der Waals surface area contributed by atoms with Gasteiger partial charge in [0, 0.05) is 42.9 Å². The molecular weight excluding hydrogens is 316 g/mol. The van der Waals surface area contributed by atoms with Crippen LogP contribution in [0.5, 0.6) is 0 Å². The number of hydrogen-bond acceptors (Lipinski definition) is 5. The molecule has 126 valence electrons. The molecule has 3 rings (SSSR count). The molecule has 0 amide bonds. The third-order valence-electron chi connectivity index (χ3n) is 4.99. The molecule has 0 bridgehead atoms. The molecule has 1 aliphatic carbocycles. The van der Waals surface area contributed by atoms with Crippen LogP contribution in [0.1, 0.15) is 12.8 Å². The topological polar surface area (TPSA) is 53.0 Å². The van der Waals surface area contributed by atoms with Crippen LogP contribution >= 0.6 is 11.6 Å². The van der Waals surface area contributed by atoms with Gasteiger partial charge in [-0.2, -0.15) is 0 Å². The maximum atomic E-state index is 11.7. The van der Waals surface area contributed by atoms with Gasteiger partial charge in [-0.25, -0.2) is 0 Å². The molecule has 1 aliphatic heterocycles. The van der Waals surface area contributed by atoms with Crippen molar-refractivity contribution in [2.45, 2.75) is 25.0 Å². The number of carbonyl (C=O) groups is 1. The Bertz CT molecular complexity index is 561. The fourth-order valence-electron chi connectivity index (χ4n) is 3.73. The summed E-state index contributed by atoms with van der Waals surface area (Å²) in [6.45, 7) is 3.54. The molecule has 0 spiro atoms. The highest BCUT2D eigenvalue weighted by Gasteiger charge is 2.41. The first-order valence-corrected chi connectivity index (χ1v) is 8.46. The maximum Gasteiger partial charge on any atom is 0.308 e. The summed E-state index contributed by atoms with van der Waals surface area (Å²) in [4.78, 5) is 16.3. The lowest BCUT2D eigenvalue weighted by molar-refractivity contribution is -0.145. The van der Waals surface area contributed by atoms with Crippen molar-refractivity contribution in [2.24, 2.45) is 5.92 Å². The average Bonchev–Trinajstić information content (AvgIpc) is 2.96. The van der Waals surface area contributed by atoms with Gasteiger partial charge in [0.2, 0.25) is 0 Å². The number of ether oxygens (including phenoxy) is 1. The predicted molar refractivity (Wildman–Crippen MR) is 89.8 cm³/mol. The van der Waals surface area contributed by atoms with Gasteiger partial charge in [-0.05, 0) is 31.0 Å². The van der Waals surface area contributed by atoms with E-state index in [9.17, 15) is 9.90 Å².